The molecule has 1 atom stereocenters. The van der Waals surface area contributed by atoms with Crippen LogP contribution >= 0.6 is 0 Å². The van der Waals surface area contributed by atoms with Gasteiger partial charge >= 0.3 is 0 Å². The predicted octanol–water partition coefficient (Wildman–Crippen LogP) is 3.50. The third-order valence-corrected chi connectivity index (χ3v) is 6.98. The van der Waals surface area contributed by atoms with Gasteiger partial charge in [0.1, 0.15) is 18.2 Å². The lowest BCUT2D eigenvalue weighted by Crippen LogP contribution is -2.31. The van der Waals surface area contributed by atoms with Gasteiger partial charge in [-0.15, -0.1) is 0 Å². The highest BCUT2D eigenvalue weighted by Gasteiger charge is 2.37. The van der Waals surface area contributed by atoms with Crippen LogP contribution in [0.1, 0.15) is 31.6 Å². The van der Waals surface area contributed by atoms with Crippen molar-refractivity contribution in [2.75, 3.05) is 26.4 Å². The summed E-state index contributed by atoms with van der Waals surface area (Å²) in [6.07, 6.45) is 1.55. The van der Waals surface area contributed by atoms with Gasteiger partial charge in [0.25, 0.3) is 0 Å². The van der Waals surface area contributed by atoms with Crippen molar-refractivity contribution in [3.8, 4) is 5.75 Å². The molecular weight excluding hydrogens is 390 g/mol. The van der Waals surface area contributed by atoms with Crippen molar-refractivity contribution >= 4 is 21.1 Å². The Morgan fingerprint density at radius 1 is 1.14 bits per heavy atom. The van der Waals surface area contributed by atoms with Crippen LogP contribution in [-0.2, 0) is 14.8 Å². The molecule has 1 fully saturated rings. The molecule has 0 amide bonds. The normalized spacial score (nSPS) is 17.8. The number of hydrogen-bond acceptors (Lipinski definition) is 5. The number of aromatic nitrogens is 2. The van der Waals surface area contributed by atoms with Gasteiger partial charge in [-0.3, -0.25) is 0 Å². The summed E-state index contributed by atoms with van der Waals surface area (Å²) >= 11 is 0. The summed E-state index contributed by atoms with van der Waals surface area (Å²) in [6, 6.07) is 14.0. The van der Waals surface area contributed by atoms with Gasteiger partial charge in [0.15, 0.2) is 0 Å². The number of fused-ring (bicyclic) bond motifs is 1. The summed E-state index contributed by atoms with van der Waals surface area (Å²) in [5, 5.41) is 0. The molecule has 154 valence electrons. The maximum Gasteiger partial charge on any atom is 0.243 e. The molecule has 0 radical (unpaired) electrons. The Labute approximate surface area is 170 Å². The van der Waals surface area contributed by atoms with Crippen LogP contribution < -0.4 is 4.74 Å². The number of sulfonamides is 1. The predicted molar refractivity (Wildman–Crippen MR) is 110 cm³/mol. The fourth-order valence-electron chi connectivity index (χ4n) is 3.64. The van der Waals surface area contributed by atoms with Crippen LogP contribution in [0, 0.1) is 0 Å². The minimum Gasteiger partial charge on any atom is -0.491 e. The molecule has 0 saturated carbocycles. The molecule has 29 heavy (non-hydrogen) atoms. The van der Waals surface area contributed by atoms with E-state index < -0.39 is 10.0 Å². The lowest BCUT2D eigenvalue weighted by atomic mass is 10.2. The average molecular weight is 416 g/mol. The lowest BCUT2D eigenvalue weighted by molar-refractivity contribution is 0.110. The molecular formula is C21H25N3O4S. The maximum atomic E-state index is 13.3. The minimum atomic E-state index is -3.63. The molecule has 0 aliphatic carbocycles. The van der Waals surface area contributed by atoms with Gasteiger partial charge in [0.2, 0.25) is 10.0 Å². The molecule has 1 aliphatic heterocycles. The molecule has 7 nitrogen and oxygen atoms in total. The molecule has 1 N–H and O–H groups in total. The van der Waals surface area contributed by atoms with Crippen LogP contribution in [-0.4, -0.2) is 49.1 Å². The van der Waals surface area contributed by atoms with Gasteiger partial charge in [0, 0.05) is 13.2 Å². The highest BCUT2D eigenvalue weighted by Crippen LogP contribution is 2.36. The highest BCUT2D eigenvalue weighted by atomic mass is 32.2. The SMILES string of the molecule is CCOCCOc1ccc(S(=O)(=O)N2CCCC2c2nc3ccccc3[nH]2)cc1. The Bertz CT molecular complexity index is 1030. The van der Waals surface area contributed by atoms with Crippen molar-refractivity contribution in [3.63, 3.8) is 0 Å². The second-order valence-electron chi connectivity index (χ2n) is 6.93. The van der Waals surface area contributed by atoms with Crippen molar-refractivity contribution < 1.29 is 17.9 Å². The van der Waals surface area contributed by atoms with Gasteiger partial charge in [-0.05, 0) is 56.2 Å². The molecule has 1 aromatic heterocycles. The number of imidazole rings is 1. The molecule has 1 saturated heterocycles. The molecule has 1 unspecified atom stereocenters. The third kappa shape index (κ3) is 4.14. The summed E-state index contributed by atoms with van der Waals surface area (Å²) < 4.78 is 38.9. The van der Waals surface area contributed by atoms with E-state index in [4.69, 9.17) is 9.47 Å². The van der Waals surface area contributed by atoms with Crippen LogP contribution in [0.2, 0.25) is 0 Å². The van der Waals surface area contributed by atoms with Crippen LogP contribution in [0.25, 0.3) is 11.0 Å². The number of ether oxygens (including phenoxy) is 2. The zero-order chi connectivity index (χ0) is 20.3. The fourth-order valence-corrected chi connectivity index (χ4v) is 5.30. The van der Waals surface area contributed by atoms with E-state index in [0.29, 0.717) is 37.9 Å². The van der Waals surface area contributed by atoms with Crippen LogP contribution in [0.4, 0.5) is 0 Å². The minimum absolute atomic E-state index is 0.262. The van der Waals surface area contributed by atoms with Gasteiger partial charge in [-0.25, -0.2) is 13.4 Å². The summed E-state index contributed by atoms with van der Waals surface area (Å²) in [5.41, 5.74) is 1.76. The second kappa shape index (κ2) is 8.52. The first-order chi connectivity index (χ1) is 14.1. The smallest absolute Gasteiger partial charge is 0.243 e. The van der Waals surface area contributed by atoms with E-state index in [-0.39, 0.29) is 10.9 Å². The number of nitrogens with zero attached hydrogens (tertiary/aromatic N) is 2. The number of benzene rings is 2. The largest absolute Gasteiger partial charge is 0.491 e. The zero-order valence-corrected chi connectivity index (χ0v) is 17.2. The molecule has 4 rings (SSSR count). The molecule has 0 bridgehead atoms. The van der Waals surface area contributed by atoms with Gasteiger partial charge in [-0.2, -0.15) is 4.31 Å². The topological polar surface area (TPSA) is 84.5 Å². The van der Waals surface area contributed by atoms with E-state index in [1.807, 2.05) is 31.2 Å². The Hall–Kier alpha value is -2.42. The summed E-state index contributed by atoms with van der Waals surface area (Å²) in [4.78, 5) is 8.17. The van der Waals surface area contributed by atoms with Crippen molar-refractivity contribution in [1.82, 2.24) is 14.3 Å². The molecule has 3 aromatic rings. The lowest BCUT2D eigenvalue weighted by Gasteiger charge is -2.22. The second-order valence-corrected chi connectivity index (χ2v) is 8.82. The maximum absolute atomic E-state index is 13.3. The van der Waals surface area contributed by atoms with E-state index in [9.17, 15) is 8.42 Å². The van der Waals surface area contributed by atoms with Crippen molar-refractivity contribution in [2.45, 2.75) is 30.7 Å². The van der Waals surface area contributed by atoms with E-state index in [1.54, 1.807) is 28.6 Å². The number of nitrogens with one attached hydrogen (secondary N) is 1. The number of rotatable bonds is 8. The van der Waals surface area contributed by atoms with E-state index in [0.717, 1.165) is 23.9 Å². The third-order valence-electron chi connectivity index (χ3n) is 5.06. The summed E-state index contributed by atoms with van der Waals surface area (Å²) in [6.45, 7) is 3.99. The first kappa shape index (κ1) is 19.9. The first-order valence-corrected chi connectivity index (χ1v) is 11.3. The van der Waals surface area contributed by atoms with Crippen LogP contribution in [0.3, 0.4) is 0 Å². The number of H-pyrrole nitrogens is 1. The van der Waals surface area contributed by atoms with Crippen molar-refractivity contribution in [3.05, 3.63) is 54.4 Å². The molecule has 1 aliphatic rings. The van der Waals surface area contributed by atoms with Gasteiger partial charge < -0.3 is 14.5 Å². The van der Waals surface area contributed by atoms with Crippen molar-refractivity contribution in [1.29, 1.82) is 0 Å². The Kier molecular flexibility index (Phi) is 5.84. The van der Waals surface area contributed by atoms with Crippen LogP contribution in [0.15, 0.2) is 53.4 Å². The van der Waals surface area contributed by atoms with E-state index in [2.05, 4.69) is 9.97 Å². The standard InChI is InChI=1S/C21H25N3O4S/c1-2-27-14-15-28-16-9-11-17(12-10-16)29(25,26)24-13-5-8-20(24)21-22-18-6-3-4-7-19(18)23-21/h3-4,6-7,9-12,20H,2,5,8,13-15H2,1H3,(H,22,23). The fraction of sp³-hybridized carbons (Fsp3) is 0.381. The number of hydrogen-bond donors (Lipinski definition) is 1. The number of aromatic amines is 1. The molecule has 2 heterocycles. The van der Waals surface area contributed by atoms with Gasteiger partial charge in [-0.1, -0.05) is 12.1 Å². The van der Waals surface area contributed by atoms with Crippen molar-refractivity contribution in [2.24, 2.45) is 0 Å². The summed E-state index contributed by atoms with van der Waals surface area (Å²) in [7, 11) is -3.63. The molecule has 8 heteroatoms. The van der Waals surface area contributed by atoms with Crippen LogP contribution in [0.5, 0.6) is 5.75 Å². The molecule has 0 spiro atoms. The first-order valence-electron chi connectivity index (χ1n) is 9.86. The average Bonchev–Trinajstić information content (AvgIpc) is 3.38. The monoisotopic (exact) mass is 415 g/mol. The molecule has 2 aromatic carbocycles. The Balaban J connectivity index is 1.52. The quantitative estimate of drug-likeness (QED) is 0.569. The van der Waals surface area contributed by atoms with E-state index in [1.165, 1.54) is 0 Å². The Morgan fingerprint density at radius 2 is 1.93 bits per heavy atom. The van der Waals surface area contributed by atoms with E-state index >= 15 is 0 Å². The highest BCUT2D eigenvalue weighted by molar-refractivity contribution is 7.89. The Morgan fingerprint density at radius 3 is 2.69 bits per heavy atom. The summed E-state index contributed by atoms with van der Waals surface area (Å²) in [5.74, 6) is 1.32. The zero-order valence-electron chi connectivity index (χ0n) is 16.4. The van der Waals surface area contributed by atoms with Gasteiger partial charge in [0.05, 0.1) is 28.6 Å². The number of para-hydroxylation sites is 2.